The summed E-state index contributed by atoms with van der Waals surface area (Å²) in [5.74, 6) is -1.68. The predicted octanol–water partition coefficient (Wildman–Crippen LogP) is 5.44. The van der Waals surface area contributed by atoms with E-state index in [4.69, 9.17) is 0 Å². The Hall–Kier alpha value is -2.23. The van der Waals surface area contributed by atoms with Crippen LogP contribution in [0.25, 0.3) is 0 Å². The van der Waals surface area contributed by atoms with Gasteiger partial charge in [-0.25, -0.2) is 0 Å². The minimum Gasteiger partial charge on any atom is -0.465 e. The Morgan fingerprint density at radius 2 is 1.26 bits per heavy atom. The van der Waals surface area contributed by atoms with E-state index >= 15 is 0 Å². The van der Waals surface area contributed by atoms with Crippen molar-refractivity contribution in [2.75, 3.05) is 6.61 Å². The maximum atomic E-state index is 13.4. The lowest BCUT2D eigenvalue weighted by atomic mass is 9.82. The Labute approximate surface area is 189 Å². The molecular weight excluding hydrogens is 520 g/mol. The van der Waals surface area contributed by atoms with Gasteiger partial charge in [-0.3, -0.25) is 4.79 Å². The first kappa shape index (κ1) is 30.8. The molecule has 1 unspecified atom stereocenters. The first-order chi connectivity index (χ1) is 15.5. The Morgan fingerprint density at radius 3 is 1.63 bits per heavy atom. The summed E-state index contributed by atoms with van der Waals surface area (Å²) in [5, 5.41) is 19.1. The quantitative estimate of drug-likeness (QED) is 0.359. The molecule has 0 aliphatic carbocycles. The second-order valence-electron chi connectivity index (χ2n) is 7.51. The van der Waals surface area contributed by atoms with Crippen LogP contribution in [0.2, 0.25) is 0 Å². The largest absolute Gasteiger partial charge is 0.465 e. The second kappa shape index (κ2) is 9.67. The molecule has 1 rings (SSSR count). The van der Waals surface area contributed by atoms with Crippen molar-refractivity contribution in [3.63, 3.8) is 0 Å². The Kier molecular flexibility index (Phi) is 8.51. The van der Waals surface area contributed by atoms with E-state index in [1.54, 1.807) is 0 Å². The fourth-order valence-electron chi connectivity index (χ4n) is 2.88. The molecule has 0 saturated carbocycles. The van der Waals surface area contributed by atoms with Crippen LogP contribution >= 0.6 is 0 Å². The van der Waals surface area contributed by atoms with Gasteiger partial charge >= 0.3 is 30.7 Å². The molecule has 1 aromatic carbocycles. The summed E-state index contributed by atoms with van der Waals surface area (Å²) in [5.41, 5.74) is -18.0. The lowest BCUT2D eigenvalue weighted by Crippen LogP contribution is -2.56. The van der Waals surface area contributed by atoms with Crippen LogP contribution in [0, 0.1) is 5.92 Å². The van der Waals surface area contributed by atoms with E-state index in [0.717, 1.165) is 0 Å². The Balaban J connectivity index is 3.84. The third-order valence-corrected chi connectivity index (χ3v) is 5.19. The van der Waals surface area contributed by atoms with Crippen molar-refractivity contribution in [1.29, 1.82) is 0 Å². The zero-order valence-corrected chi connectivity index (χ0v) is 17.7. The molecular formula is C19H18F12O4. The number of carbonyl (C=O) groups excluding carboxylic acids is 1. The summed E-state index contributed by atoms with van der Waals surface area (Å²) in [7, 11) is 0. The summed E-state index contributed by atoms with van der Waals surface area (Å²) in [4.78, 5) is 11.7. The van der Waals surface area contributed by atoms with E-state index in [2.05, 4.69) is 4.74 Å². The number of carbonyl (C=O) groups is 1. The van der Waals surface area contributed by atoms with Crippen LogP contribution in [0.5, 0.6) is 0 Å². The second-order valence-corrected chi connectivity index (χ2v) is 7.51. The fourth-order valence-corrected chi connectivity index (χ4v) is 2.88. The van der Waals surface area contributed by atoms with Gasteiger partial charge in [0.05, 0.1) is 12.5 Å². The molecule has 0 bridgehead atoms. The van der Waals surface area contributed by atoms with Crippen LogP contribution in [-0.2, 0) is 27.2 Å². The number of alkyl halides is 12. The van der Waals surface area contributed by atoms with Crippen molar-refractivity contribution in [1.82, 2.24) is 0 Å². The molecule has 0 radical (unpaired) electrons. The molecule has 0 amide bonds. The molecule has 4 nitrogen and oxygen atoms in total. The molecule has 1 aromatic rings. The monoisotopic (exact) mass is 538 g/mol. The van der Waals surface area contributed by atoms with Crippen molar-refractivity contribution >= 4 is 5.97 Å². The van der Waals surface area contributed by atoms with Crippen molar-refractivity contribution in [3.05, 3.63) is 34.9 Å². The van der Waals surface area contributed by atoms with Crippen LogP contribution in [-0.4, -0.2) is 47.5 Å². The number of benzene rings is 1. The Bertz CT molecular complexity index is 871. The molecule has 0 spiro atoms. The molecule has 202 valence electrons. The summed E-state index contributed by atoms with van der Waals surface area (Å²) >= 11 is 0. The van der Waals surface area contributed by atoms with Crippen LogP contribution in [0.15, 0.2) is 18.2 Å². The molecule has 0 fully saturated rings. The average Bonchev–Trinajstić information content (AvgIpc) is 2.68. The van der Waals surface area contributed by atoms with Crippen molar-refractivity contribution in [2.24, 2.45) is 5.92 Å². The molecule has 16 heteroatoms. The number of aliphatic hydroxyl groups is 2. The number of halogens is 12. The highest BCUT2D eigenvalue weighted by molar-refractivity contribution is 5.71. The van der Waals surface area contributed by atoms with E-state index < -0.39 is 83.6 Å². The van der Waals surface area contributed by atoms with Crippen LogP contribution < -0.4 is 0 Å². The standard InChI is InChI=1S/C19H18F12O4/c1-3-9(2)13(32)35-7-6-10-4-5-11(14(33,16(20,21)22)17(23,24)25)8-12(10)15(34,18(26,27)28)19(29,30)31/h4-5,8-9,33-34H,3,6-7H2,1-2H3. The van der Waals surface area contributed by atoms with E-state index in [1.165, 1.54) is 13.8 Å². The lowest BCUT2D eigenvalue weighted by molar-refractivity contribution is -0.378. The van der Waals surface area contributed by atoms with E-state index in [9.17, 15) is 67.7 Å². The molecule has 2 N–H and O–H groups in total. The van der Waals surface area contributed by atoms with Gasteiger partial charge in [-0.2, -0.15) is 52.7 Å². The molecule has 0 aliphatic heterocycles. The third kappa shape index (κ3) is 5.62. The zero-order valence-electron chi connectivity index (χ0n) is 17.7. The third-order valence-electron chi connectivity index (χ3n) is 5.19. The maximum absolute atomic E-state index is 13.4. The highest BCUT2D eigenvalue weighted by Crippen LogP contribution is 2.54. The minimum absolute atomic E-state index is 0.00660. The van der Waals surface area contributed by atoms with Gasteiger partial charge in [0.1, 0.15) is 0 Å². The number of rotatable bonds is 7. The van der Waals surface area contributed by atoms with Gasteiger partial charge in [-0.15, -0.1) is 0 Å². The number of esters is 1. The highest BCUT2D eigenvalue weighted by Gasteiger charge is 2.74. The maximum Gasteiger partial charge on any atom is 0.430 e. The summed E-state index contributed by atoms with van der Waals surface area (Å²) in [6.07, 6.45) is -27.5. The van der Waals surface area contributed by atoms with Gasteiger partial charge in [0.25, 0.3) is 11.2 Å². The van der Waals surface area contributed by atoms with Crippen LogP contribution in [0.1, 0.15) is 37.0 Å². The first-order valence-corrected chi connectivity index (χ1v) is 9.48. The lowest BCUT2D eigenvalue weighted by Gasteiger charge is -2.37. The number of ether oxygens (including phenoxy) is 1. The minimum atomic E-state index is -6.68. The highest BCUT2D eigenvalue weighted by atomic mass is 19.4. The Morgan fingerprint density at radius 1 is 0.829 bits per heavy atom. The average molecular weight is 538 g/mol. The van der Waals surface area contributed by atoms with Crippen molar-refractivity contribution < 1.29 is 72.4 Å². The van der Waals surface area contributed by atoms with Gasteiger partial charge in [0.15, 0.2) is 0 Å². The van der Waals surface area contributed by atoms with Crippen molar-refractivity contribution in [3.8, 4) is 0 Å². The smallest absolute Gasteiger partial charge is 0.430 e. The molecule has 35 heavy (non-hydrogen) atoms. The van der Waals surface area contributed by atoms with Crippen molar-refractivity contribution in [2.45, 2.75) is 62.6 Å². The molecule has 1 atom stereocenters. The van der Waals surface area contributed by atoms with Gasteiger partial charge in [-0.1, -0.05) is 26.0 Å². The fraction of sp³-hybridized carbons (Fsp3) is 0.632. The molecule has 0 aliphatic rings. The SMILES string of the molecule is CCC(C)C(=O)OCCc1ccc(C(O)(C(F)(F)F)C(F)(F)F)cc1C(O)(C(F)(F)F)C(F)(F)F. The van der Waals surface area contributed by atoms with Crippen LogP contribution in [0.4, 0.5) is 52.7 Å². The predicted molar refractivity (Wildman–Crippen MR) is 92.6 cm³/mol. The zero-order chi connectivity index (χ0) is 27.8. The van der Waals surface area contributed by atoms with Crippen LogP contribution in [0.3, 0.4) is 0 Å². The molecule has 0 saturated heterocycles. The summed E-state index contributed by atoms with van der Waals surface area (Å²) in [6.45, 7) is 1.98. The first-order valence-electron chi connectivity index (χ1n) is 9.48. The van der Waals surface area contributed by atoms with Gasteiger partial charge in [-0.05, 0) is 18.1 Å². The van der Waals surface area contributed by atoms with E-state index in [-0.39, 0.29) is 18.6 Å². The molecule has 0 heterocycles. The topological polar surface area (TPSA) is 66.8 Å². The number of hydrogen-bond acceptors (Lipinski definition) is 4. The number of hydrogen-bond donors (Lipinski definition) is 2. The van der Waals surface area contributed by atoms with Gasteiger partial charge < -0.3 is 14.9 Å². The van der Waals surface area contributed by atoms with Gasteiger partial charge in [0, 0.05) is 17.5 Å². The van der Waals surface area contributed by atoms with E-state index in [1.807, 2.05) is 0 Å². The van der Waals surface area contributed by atoms with E-state index in [0.29, 0.717) is 0 Å². The molecule has 0 aromatic heterocycles. The van der Waals surface area contributed by atoms with Gasteiger partial charge in [0.2, 0.25) is 0 Å². The normalized spacial score (nSPS) is 15.2. The summed E-state index contributed by atoms with van der Waals surface area (Å²) in [6, 6.07) is -1.05. The summed E-state index contributed by atoms with van der Waals surface area (Å²) < 4.78 is 164.